The Balaban J connectivity index is 2.13. The molecule has 1 heterocycles. The minimum atomic E-state index is 0.872. The van der Waals surface area contributed by atoms with Crippen LogP contribution in [0.2, 0.25) is 0 Å². The summed E-state index contributed by atoms with van der Waals surface area (Å²) in [5.74, 6) is 0. The molecule has 2 heteroatoms. The predicted octanol–water partition coefficient (Wildman–Crippen LogP) is 4.42. The molecular weight excluding hydrogens is 238 g/mol. The normalized spacial score (nSPS) is 10.7. The molecule has 0 amide bonds. The van der Waals surface area contributed by atoms with Crippen LogP contribution in [0.4, 0.5) is 0 Å². The number of hydrogen-bond donors (Lipinski definition) is 0. The molecule has 2 aromatic carbocycles. The second kappa shape index (κ2) is 4.75. The van der Waals surface area contributed by atoms with Crippen LogP contribution in [0.15, 0.2) is 66.9 Å². The first kappa shape index (κ1) is 11.2. The van der Waals surface area contributed by atoms with Gasteiger partial charge in [0, 0.05) is 28.2 Å². The molecule has 1 nitrogen and oxygen atoms in total. The van der Waals surface area contributed by atoms with Crippen molar-refractivity contribution < 1.29 is 0 Å². The third-order valence-electron chi connectivity index (χ3n) is 3.08. The van der Waals surface area contributed by atoms with E-state index in [1.807, 2.05) is 18.2 Å². The molecular formula is C16H13NS. The highest BCUT2D eigenvalue weighted by Crippen LogP contribution is 2.16. The van der Waals surface area contributed by atoms with Crippen LogP contribution in [0.5, 0.6) is 0 Å². The summed E-state index contributed by atoms with van der Waals surface area (Å²) in [5, 5.41) is 1.14. The van der Waals surface area contributed by atoms with Gasteiger partial charge in [0.25, 0.3) is 0 Å². The van der Waals surface area contributed by atoms with Crippen molar-refractivity contribution in [3.63, 3.8) is 0 Å². The van der Waals surface area contributed by atoms with Gasteiger partial charge in [-0.15, -0.1) is 0 Å². The molecule has 1 aromatic heterocycles. The summed E-state index contributed by atoms with van der Waals surface area (Å²) in [4.78, 5) is 0. The Morgan fingerprint density at radius 2 is 1.56 bits per heavy atom. The van der Waals surface area contributed by atoms with Crippen molar-refractivity contribution in [3.05, 3.63) is 76.9 Å². The first-order valence-electron chi connectivity index (χ1n) is 5.97. The fraction of sp³-hybridized carbons (Fsp3) is 0.0625. The largest absolute Gasteiger partial charge is 0.343 e. The number of aromatic nitrogens is 1. The third-order valence-corrected chi connectivity index (χ3v) is 3.44. The number of nitrogens with zero attached hydrogens (tertiary/aromatic N) is 1. The lowest BCUT2D eigenvalue weighted by Gasteiger charge is -2.11. The average Bonchev–Trinajstić information content (AvgIpc) is 2.44. The zero-order valence-corrected chi connectivity index (χ0v) is 10.7. The SMILES string of the molecule is S=c1ccn(Cc2ccccc2)c2ccccc12. The van der Waals surface area contributed by atoms with Crippen molar-refractivity contribution >= 4 is 23.1 Å². The molecule has 0 aliphatic carbocycles. The van der Waals surface area contributed by atoms with Gasteiger partial charge in [-0.25, -0.2) is 0 Å². The topological polar surface area (TPSA) is 4.93 Å². The number of hydrogen-bond acceptors (Lipinski definition) is 1. The molecule has 3 rings (SSSR count). The van der Waals surface area contributed by atoms with Gasteiger partial charge >= 0.3 is 0 Å². The molecule has 0 bridgehead atoms. The van der Waals surface area contributed by atoms with Crippen molar-refractivity contribution in [1.29, 1.82) is 0 Å². The van der Waals surface area contributed by atoms with Crippen LogP contribution >= 0.6 is 12.2 Å². The minimum Gasteiger partial charge on any atom is -0.343 e. The van der Waals surface area contributed by atoms with Crippen molar-refractivity contribution in [2.75, 3.05) is 0 Å². The van der Waals surface area contributed by atoms with Gasteiger partial charge in [0.15, 0.2) is 0 Å². The van der Waals surface area contributed by atoms with E-state index < -0.39 is 0 Å². The van der Waals surface area contributed by atoms with E-state index >= 15 is 0 Å². The Hall–Kier alpha value is -1.93. The molecule has 0 aliphatic heterocycles. The van der Waals surface area contributed by atoms with Gasteiger partial charge in [-0.05, 0) is 17.7 Å². The number of rotatable bonds is 2. The van der Waals surface area contributed by atoms with E-state index in [2.05, 4.69) is 53.2 Å². The van der Waals surface area contributed by atoms with Gasteiger partial charge in [0.1, 0.15) is 0 Å². The van der Waals surface area contributed by atoms with Gasteiger partial charge in [0.05, 0.1) is 0 Å². The van der Waals surface area contributed by atoms with Crippen LogP contribution in [-0.4, -0.2) is 4.57 Å². The summed E-state index contributed by atoms with van der Waals surface area (Å²) < 4.78 is 3.15. The molecule has 0 aliphatic rings. The number of fused-ring (bicyclic) bond motifs is 1. The molecule has 3 aromatic rings. The predicted molar refractivity (Wildman–Crippen MR) is 78.3 cm³/mol. The van der Waals surface area contributed by atoms with E-state index in [0.717, 1.165) is 16.4 Å². The highest BCUT2D eigenvalue weighted by Gasteiger charge is 2.00. The summed E-state index contributed by atoms with van der Waals surface area (Å²) >= 11 is 5.36. The van der Waals surface area contributed by atoms with Crippen LogP contribution in [0, 0.1) is 4.51 Å². The van der Waals surface area contributed by atoms with Gasteiger partial charge < -0.3 is 4.57 Å². The Bertz CT molecular complexity index is 729. The second-order valence-corrected chi connectivity index (χ2v) is 4.75. The molecule has 0 spiro atoms. The summed E-state index contributed by atoms with van der Waals surface area (Å²) in [6.45, 7) is 0.872. The van der Waals surface area contributed by atoms with Crippen LogP contribution in [0.3, 0.4) is 0 Å². The lowest BCUT2D eigenvalue weighted by Crippen LogP contribution is -2.01. The molecule has 0 N–H and O–H groups in total. The lowest BCUT2D eigenvalue weighted by molar-refractivity contribution is 0.826. The van der Waals surface area contributed by atoms with E-state index in [1.165, 1.54) is 11.1 Å². The highest BCUT2D eigenvalue weighted by atomic mass is 32.1. The summed E-state index contributed by atoms with van der Waals surface area (Å²) in [6.07, 6.45) is 2.07. The summed E-state index contributed by atoms with van der Waals surface area (Å²) in [6, 6.07) is 20.8. The highest BCUT2D eigenvalue weighted by molar-refractivity contribution is 7.71. The fourth-order valence-electron chi connectivity index (χ4n) is 2.18. The maximum Gasteiger partial charge on any atom is 0.0497 e. The summed E-state index contributed by atoms with van der Waals surface area (Å²) in [7, 11) is 0. The van der Waals surface area contributed by atoms with Gasteiger partial charge in [-0.3, -0.25) is 0 Å². The van der Waals surface area contributed by atoms with E-state index in [9.17, 15) is 0 Å². The molecule has 88 valence electrons. The first-order valence-corrected chi connectivity index (χ1v) is 6.37. The Morgan fingerprint density at radius 3 is 2.39 bits per heavy atom. The van der Waals surface area contributed by atoms with Crippen molar-refractivity contribution in [3.8, 4) is 0 Å². The van der Waals surface area contributed by atoms with E-state index in [0.29, 0.717) is 0 Å². The van der Waals surface area contributed by atoms with Crippen molar-refractivity contribution in [2.24, 2.45) is 0 Å². The minimum absolute atomic E-state index is 0.872. The monoisotopic (exact) mass is 251 g/mol. The second-order valence-electron chi connectivity index (χ2n) is 4.31. The van der Waals surface area contributed by atoms with Crippen LogP contribution < -0.4 is 0 Å². The molecule has 0 fully saturated rings. The van der Waals surface area contributed by atoms with E-state index in [4.69, 9.17) is 12.2 Å². The van der Waals surface area contributed by atoms with Crippen LogP contribution in [-0.2, 0) is 6.54 Å². The van der Waals surface area contributed by atoms with Gasteiger partial charge in [-0.2, -0.15) is 0 Å². The zero-order chi connectivity index (χ0) is 12.4. The Morgan fingerprint density at radius 1 is 0.833 bits per heavy atom. The average molecular weight is 251 g/mol. The molecule has 0 unspecified atom stereocenters. The maximum atomic E-state index is 5.36. The van der Waals surface area contributed by atoms with Crippen molar-refractivity contribution in [2.45, 2.75) is 6.54 Å². The standard InChI is InChI=1S/C16H13NS/c18-16-10-11-17(12-13-6-2-1-3-7-13)15-9-5-4-8-14(15)16/h1-11H,12H2. The zero-order valence-electron chi connectivity index (χ0n) is 9.91. The number of benzene rings is 2. The fourth-order valence-corrected chi connectivity index (χ4v) is 2.41. The van der Waals surface area contributed by atoms with E-state index in [1.54, 1.807) is 0 Å². The summed E-state index contributed by atoms with van der Waals surface area (Å²) in [5.41, 5.74) is 2.48. The molecule has 0 atom stereocenters. The lowest BCUT2D eigenvalue weighted by atomic mass is 10.2. The van der Waals surface area contributed by atoms with Crippen LogP contribution in [0.25, 0.3) is 10.9 Å². The van der Waals surface area contributed by atoms with Crippen LogP contribution in [0.1, 0.15) is 5.56 Å². The molecule has 0 radical (unpaired) electrons. The molecule has 18 heavy (non-hydrogen) atoms. The molecule has 0 saturated heterocycles. The quantitative estimate of drug-likeness (QED) is 0.610. The number of pyridine rings is 1. The Kier molecular flexibility index (Phi) is 2.95. The Labute approximate surface area is 111 Å². The van der Waals surface area contributed by atoms with Crippen molar-refractivity contribution in [1.82, 2.24) is 4.57 Å². The van der Waals surface area contributed by atoms with E-state index in [-0.39, 0.29) is 0 Å². The number of para-hydroxylation sites is 1. The smallest absolute Gasteiger partial charge is 0.0497 e. The third kappa shape index (κ3) is 2.07. The van der Waals surface area contributed by atoms with Gasteiger partial charge in [0.2, 0.25) is 0 Å². The molecule has 0 saturated carbocycles. The first-order chi connectivity index (χ1) is 8.84. The maximum absolute atomic E-state index is 5.36. The van der Waals surface area contributed by atoms with Gasteiger partial charge in [-0.1, -0.05) is 60.7 Å².